The van der Waals surface area contributed by atoms with Crippen LogP contribution in [0, 0.1) is 5.92 Å². The Hall–Kier alpha value is -2.50. The number of carbonyl (C=O) groups excluding carboxylic acids is 2. The molecule has 4 rings (SSSR count). The van der Waals surface area contributed by atoms with Crippen molar-refractivity contribution >= 4 is 17.9 Å². The molecular weight excluding hydrogens is 380 g/mol. The van der Waals surface area contributed by atoms with Gasteiger partial charge < -0.3 is 19.3 Å². The van der Waals surface area contributed by atoms with Gasteiger partial charge in [0.2, 0.25) is 11.8 Å². The van der Waals surface area contributed by atoms with Gasteiger partial charge in [-0.3, -0.25) is 9.59 Å². The van der Waals surface area contributed by atoms with Gasteiger partial charge in [0.05, 0.1) is 13.2 Å². The fourth-order valence-corrected chi connectivity index (χ4v) is 4.45. The molecule has 0 aromatic heterocycles. The molecule has 2 saturated heterocycles. The Kier molecular flexibility index (Phi) is 6.92. The molecule has 2 amide bonds. The van der Waals surface area contributed by atoms with Crippen molar-refractivity contribution in [2.45, 2.75) is 44.9 Å². The average molecular weight is 413 g/mol. The molecule has 0 aliphatic carbocycles. The summed E-state index contributed by atoms with van der Waals surface area (Å²) >= 11 is 0. The highest BCUT2D eigenvalue weighted by molar-refractivity contribution is 5.92. The third-order valence-corrected chi connectivity index (χ3v) is 6.26. The minimum absolute atomic E-state index is 0.00258. The van der Waals surface area contributed by atoms with E-state index in [4.69, 9.17) is 9.47 Å². The zero-order valence-electron chi connectivity index (χ0n) is 17.7. The van der Waals surface area contributed by atoms with Crippen LogP contribution in [0.1, 0.15) is 50.5 Å². The molecule has 0 saturated carbocycles. The maximum absolute atomic E-state index is 12.8. The molecule has 1 aromatic rings. The number of amides is 2. The molecule has 3 heterocycles. The van der Waals surface area contributed by atoms with Gasteiger partial charge in [0, 0.05) is 44.6 Å². The van der Waals surface area contributed by atoms with Gasteiger partial charge in [-0.15, -0.1) is 0 Å². The second-order valence-corrected chi connectivity index (χ2v) is 8.43. The zero-order chi connectivity index (χ0) is 20.8. The summed E-state index contributed by atoms with van der Waals surface area (Å²) in [6.45, 7) is 4.40. The van der Waals surface area contributed by atoms with Crippen molar-refractivity contribution in [1.29, 1.82) is 0 Å². The van der Waals surface area contributed by atoms with Crippen LogP contribution in [0.3, 0.4) is 0 Å². The van der Waals surface area contributed by atoms with E-state index in [0.717, 1.165) is 62.3 Å². The van der Waals surface area contributed by atoms with Gasteiger partial charge in [0.25, 0.3) is 0 Å². The van der Waals surface area contributed by atoms with Crippen molar-refractivity contribution in [3.05, 3.63) is 29.8 Å². The van der Waals surface area contributed by atoms with Gasteiger partial charge in [0.15, 0.2) is 11.5 Å². The number of carbonyl (C=O) groups is 2. The molecule has 0 radical (unpaired) electrons. The van der Waals surface area contributed by atoms with Gasteiger partial charge >= 0.3 is 0 Å². The highest BCUT2D eigenvalue weighted by atomic mass is 16.5. The van der Waals surface area contributed by atoms with Gasteiger partial charge in [-0.1, -0.05) is 18.9 Å². The minimum atomic E-state index is 0.00258. The van der Waals surface area contributed by atoms with Crippen LogP contribution < -0.4 is 9.47 Å². The molecule has 0 N–H and O–H groups in total. The van der Waals surface area contributed by atoms with Crippen LogP contribution in [0.5, 0.6) is 11.5 Å². The molecule has 1 aromatic carbocycles. The summed E-state index contributed by atoms with van der Waals surface area (Å²) in [4.78, 5) is 29.4. The summed E-state index contributed by atoms with van der Waals surface area (Å²) in [5.41, 5.74) is 0.916. The smallest absolute Gasteiger partial charge is 0.246 e. The summed E-state index contributed by atoms with van der Waals surface area (Å²) in [7, 11) is 0. The van der Waals surface area contributed by atoms with E-state index < -0.39 is 0 Å². The summed E-state index contributed by atoms with van der Waals surface area (Å²) < 4.78 is 11.4. The number of rotatable bonds is 3. The Bertz CT molecular complexity index is 775. The van der Waals surface area contributed by atoms with Crippen LogP contribution in [0.15, 0.2) is 24.3 Å². The van der Waals surface area contributed by atoms with Gasteiger partial charge in [-0.2, -0.15) is 0 Å². The average Bonchev–Trinajstić information content (AvgIpc) is 3.20. The van der Waals surface area contributed by atoms with Gasteiger partial charge in [-0.25, -0.2) is 0 Å². The van der Waals surface area contributed by atoms with Crippen LogP contribution >= 0.6 is 0 Å². The summed E-state index contributed by atoms with van der Waals surface area (Å²) in [6, 6.07) is 5.74. The number of hydrogen-bond donors (Lipinski definition) is 0. The molecule has 6 heteroatoms. The fraction of sp³-hybridized carbons (Fsp3) is 0.583. The maximum Gasteiger partial charge on any atom is 0.246 e. The Balaban J connectivity index is 1.29. The lowest BCUT2D eigenvalue weighted by molar-refractivity contribution is -0.139. The van der Waals surface area contributed by atoms with E-state index in [2.05, 4.69) is 4.90 Å². The first-order valence-corrected chi connectivity index (χ1v) is 11.4. The largest absolute Gasteiger partial charge is 0.490 e. The fourth-order valence-electron chi connectivity index (χ4n) is 4.45. The number of piperidine rings is 1. The highest BCUT2D eigenvalue weighted by Crippen LogP contribution is 2.31. The SMILES string of the molecule is O=C(C=Cc1ccc2c(c1)OCCCO2)N1CCC(C(=O)N2CCCCCC2)CC1. The van der Waals surface area contributed by atoms with Crippen LogP contribution in [0.25, 0.3) is 6.08 Å². The van der Waals surface area contributed by atoms with Gasteiger partial charge in [-0.05, 0) is 49.5 Å². The number of fused-ring (bicyclic) bond motifs is 1. The first-order chi connectivity index (χ1) is 14.7. The lowest BCUT2D eigenvalue weighted by Gasteiger charge is -2.33. The molecule has 6 nitrogen and oxygen atoms in total. The second kappa shape index (κ2) is 10.0. The Morgan fingerprint density at radius 2 is 1.53 bits per heavy atom. The van der Waals surface area contributed by atoms with Crippen molar-refractivity contribution < 1.29 is 19.1 Å². The molecular formula is C24H32N2O4. The lowest BCUT2D eigenvalue weighted by atomic mass is 9.95. The maximum atomic E-state index is 12.8. The molecule has 2 fully saturated rings. The van der Waals surface area contributed by atoms with Crippen LogP contribution in [0.2, 0.25) is 0 Å². The summed E-state index contributed by atoms with van der Waals surface area (Å²) in [6.07, 6.45) is 10.5. The molecule has 162 valence electrons. The van der Waals surface area contributed by atoms with E-state index in [1.807, 2.05) is 29.2 Å². The van der Waals surface area contributed by atoms with E-state index in [9.17, 15) is 9.59 Å². The third-order valence-electron chi connectivity index (χ3n) is 6.26. The Morgan fingerprint density at radius 1 is 0.833 bits per heavy atom. The molecule has 3 aliphatic heterocycles. The third kappa shape index (κ3) is 5.15. The van der Waals surface area contributed by atoms with E-state index in [1.165, 1.54) is 12.8 Å². The van der Waals surface area contributed by atoms with Crippen molar-refractivity contribution in [3.63, 3.8) is 0 Å². The number of hydrogen-bond acceptors (Lipinski definition) is 4. The van der Waals surface area contributed by atoms with E-state index in [1.54, 1.807) is 6.08 Å². The number of likely N-dealkylation sites (tertiary alicyclic amines) is 2. The van der Waals surface area contributed by atoms with E-state index in [0.29, 0.717) is 32.2 Å². The Labute approximate surface area is 178 Å². The monoisotopic (exact) mass is 412 g/mol. The predicted octanol–water partition coefficient (Wildman–Crippen LogP) is 3.50. The molecule has 0 spiro atoms. The predicted molar refractivity (Wildman–Crippen MR) is 115 cm³/mol. The van der Waals surface area contributed by atoms with Crippen molar-refractivity contribution in [2.75, 3.05) is 39.4 Å². The topological polar surface area (TPSA) is 59.1 Å². The van der Waals surface area contributed by atoms with Crippen LogP contribution in [-0.2, 0) is 9.59 Å². The van der Waals surface area contributed by atoms with Gasteiger partial charge in [0.1, 0.15) is 0 Å². The number of nitrogens with zero attached hydrogens (tertiary/aromatic N) is 2. The first-order valence-electron chi connectivity index (χ1n) is 11.4. The quantitative estimate of drug-likeness (QED) is 0.713. The Morgan fingerprint density at radius 3 is 2.27 bits per heavy atom. The standard InChI is InChI=1S/C24H32N2O4/c27-23(9-7-19-6-8-21-22(18-19)30-17-5-16-29-21)25-14-10-20(11-15-25)24(28)26-12-3-1-2-4-13-26/h6-9,18,20H,1-5,10-17H2. The molecule has 0 bridgehead atoms. The number of benzene rings is 1. The molecule has 30 heavy (non-hydrogen) atoms. The minimum Gasteiger partial charge on any atom is -0.490 e. The molecule has 0 atom stereocenters. The van der Waals surface area contributed by atoms with Crippen molar-refractivity contribution in [1.82, 2.24) is 9.80 Å². The lowest BCUT2D eigenvalue weighted by Crippen LogP contribution is -2.44. The molecule has 3 aliphatic rings. The normalized spacial score (nSPS) is 20.7. The van der Waals surface area contributed by atoms with Crippen LogP contribution in [0.4, 0.5) is 0 Å². The van der Waals surface area contributed by atoms with Crippen LogP contribution in [-0.4, -0.2) is 61.0 Å². The first kappa shape index (κ1) is 20.8. The molecule has 0 unspecified atom stereocenters. The second-order valence-electron chi connectivity index (χ2n) is 8.43. The summed E-state index contributed by atoms with van der Waals surface area (Å²) in [5, 5.41) is 0. The number of ether oxygens (including phenoxy) is 2. The zero-order valence-corrected chi connectivity index (χ0v) is 17.7. The van der Waals surface area contributed by atoms with Crippen molar-refractivity contribution in [3.8, 4) is 11.5 Å². The van der Waals surface area contributed by atoms with Crippen molar-refractivity contribution in [2.24, 2.45) is 5.92 Å². The summed E-state index contributed by atoms with van der Waals surface area (Å²) in [5.74, 6) is 1.86. The highest BCUT2D eigenvalue weighted by Gasteiger charge is 2.29. The van der Waals surface area contributed by atoms with E-state index in [-0.39, 0.29) is 11.8 Å². The van der Waals surface area contributed by atoms with E-state index >= 15 is 0 Å².